The third-order valence-electron chi connectivity index (χ3n) is 3.41. The zero-order chi connectivity index (χ0) is 16.1. The van der Waals surface area contributed by atoms with Gasteiger partial charge in [-0.1, -0.05) is 17.7 Å². The molecule has 1 aromatic carbocycles. The summed E-state index contributed by atoms with van der Waals surface area (Å²) in [5, 5.41) is 0.416. The number of halogens is 2. The minimum Gasteiger partial charge on any atom is -0.231 e. The van der Waals surface area contributed by atoms with Crippen molar-refractivity contribution in [3.63, 3.8) is 0 Å². The van der Waals surface area contributed by atoms with Crippen LogP contribution < -0.4 is 0 Å². The standard InChI is InChI=1S/C15H12BrFN2O2S/c1-9-3-5-11(6-4-9)22(20,21)19-8-13(16)12-7-14(17)10(2)18-15(12)19/h3-8H,1-2H3. The molecule has 4 nitrogen and oxygen atoms in total. The van der Waals surface area contributed by atoms with Crippen molar-refractivity contribution in [2.75, 3.05) is 0 Å². The fourth-order valence-corrected chi connectivity index (χ4v) is 4.10. The van der Waals surface area contributed by atoms with Crippen LogP contribution in [0.15, 0.2) is 45.9 Å². The molecule has 22 heavy (non-hydrogen) atoms. The fraction of sp³-hybridized carbons (Fsp3) is 0.133. The lowest BCUT2D eigenvalue weighted by Gasteiger charge is -2.07. The summed E-state index contributed by atoms with van der Waals surface area (Å²) in [6.45, 7) is 3.38. The Labute approximate surface area is 135 Å². The molecule has 7 heteroatoms. The average molecular weight is 383 g/mol. The van der Waals surface area contributed by atoms with Crippen molar-refractivity contribution in [2.24, 2.45) is 0 Å². The average Bonchev–Trinajstić information content (AvgIpc) is 2.78. The van der Waals surface area contributed by atoms with Crippen LogP contribution in [0, 0.1) is 19.7 Å². The molecule has 0 radical (unpaired) electrons. The first-order chi connectivity index (χ1) is 10.3. The fourth-order valence-electron chi connectivity index (χ4n) is 2.15. The van der Waals surface area contributed by atoms with E-state index in [-0.39, 0.29) is 16.2 Å². The van der Waals surface area contributed by atoms with Crippen LogP contribution in [0.1, 0.15) is 11.3 Å². The van der Waals surface area contributed by atoms with Crippen molar-refractivity contribution in [1.82, 2.24) is 8.96 Å². The molecule has 0 spiro atoms. The van der Waals surface area contributed by atoms with Gasteiger partial charge in [-0.15, -0.1) is 0 Å². The monoisotopic (exact) mass is 382 g/mol. The van der Waals surface area contributed by atoms with Gasteiger partial charge in [0.05, 0.1) is 10.6 Å². The van der Waals surface area contributed by atoms with Gasteiger partial charge in [0.25, 0.3) is 10.0 Å². The summed E-state index contributed by atoms with van der Waals surface area (Å²) < 4.78 is 40.8. The quantitative estimate of drug-likeness (QED) is 0.677. The van der Waals surface area contributed by atoms with Gasteiger partial charge in [0, 0.05) is 16.1 Å². The number of nitrogens with zero attached hydrogens (tertiary/aromatic N) is 2. The number of benzene rings is 1. The lowest BCUT2D eigenvalue weighted by atomic mass is 10.2. The van der Waals surface area contributed by atoms with Crippen molar-refractivity contribution in [3.8, 4) is 0 Å². The molecule has 0 aliphatic rings. The Morgan fingerprint density at radius 1 is 1.18 bits per heavy atom. The normalized spacial score (nSPS) is 12.0. The largest absolute Gasteiger partial charge is 0.269 e. The molecule has 0 saturated carbocycles. The van der Waals surface area contributed by atoms with Gasteiger partial charge in [-0.3, -0.25) is 0 Å². The SMILES string of the molecule is Cc1ccc(S(=O)(=O)n2cc(Br)c3cc(F)c(C)nc32)cc1. The molecule has 0 saturated heterocycles. The molecule has 0 fully saturated rings. The van der Waals surface area contributed by atoms with E-state index >= 15 is 0 Å². The number of hydrogen-bond donors (Lipinski definition) is 0. The maximum Gasteiger partial charge on any atom is 0.269 e. The molecule has 0 amide bonds. The Balaban J connectivity index is 2.30. The Kier molecular flexibility index (Phi) is 3.57. The van der Waals surface area contributed by atoms with Gasteiger partial charge in [-0.05, 0) is 48.0 Å². The van der Waals surface area contributed by atoms with Gasteiger partial charge in [0.1, 0.15) is 5.82 Å². The molecule has 0 N–H and O–H groups in total. The Bertz CT molecular complexity index is 979. The van der Waals surface area contributed by atoms with Crippen LogP contribution >= 0.6 is 15.9 Å². The second-order valence-electron chi connectivity index (χ2n) is 5.02. The third kappa shape index (κ3) is 2.34. The predicted octanol–water partition coefficient (Wildman–Crippen LogP) is 3.79. The Morgan fingerprint density at radius 2 is 1.82 bits per heavy atom. The molecule has 0 unspecified atom stereocenters. The van der Waals surface area contributed by atoms with E-state index in [1.165, 1.54) is 19.2 Å². The van der Waals surface area contributed by atoms with E-state index in [2.05, 4.69) is 20.9 Å². The summed E-state index contributed by atoms with van der Waals surface area (Å²) in [5.74, 6) is -0.473. The zero-order valence-electron chi connectivity index (χ0n) is 11.8. The van der Waals surface area contributed by atoms with E-state index in [9.17, 15) is 12.8 Å². The molecule has 0 bridgehead atoms. The summed E-state index contributed by atoms with van der Waals surface area (Å²) in [6, 6.07) is 7.82. The summed E-state index contributed by atoms with van der Waals surface area (Å²) in [4.78, 5) is 4.24. The number of aryl methyl sites for hydroxylation is 2. The van der Waals surface area contributed by atoms with Crippen LogP contribution in [0.3, 0.4) is 0 Å². The van der Waals surface area contributed by atoms with Gasteiger partial charge < -0.3 is 0 Å². The van der Waals surface area contributed by atoms with E-state index in [0.29, 0.717) is 9.86 Å². The van der Waals surface area contributed by atoms with Crippen LogP contribution in [-0.2, 0) is 10.0 Å². The van der Waals surface area contributed by atoms with Crippen molar-refractivity contribution < 1.29 is 12.8 Å². The number of pyridine rings is 1. The lowest BCUT2D eigenvalue weighted by Crippen LogP contribution is -2.12. The van der Waals surface area contributed by atoms with Gasteiger partial charge in [0.2, 0.25) is 0 Å². The van der Waals surface area contributed by atoms with Crippen molar-refractivity contribution in [1.29, 1.82) is 0 Å². The maximum absolute atomic E-state index is 13.7. The van der Waals surface area contributed by atoms with Crippen molar-refractivity contribution in [2.45, 2.75) is 18.7 Å². The molecular weight excluding hydrogens is 371 g/mol. The molecule has 3 rings (SSSR count). The summed E-state index contributed by atoms with van der Waals surface area (Å²) in [6.07, 6.45) is 1.39. The minimum atomic E-state index is -3.79. The Morgan fingerprint density at radius 3 is 2.45 bits per heavy atom. The highest BCUT2D eigenvalue weighted by Crippen LogP contribution is 2.29. The maximum atomic E-state index is 13.7. The highest BCUT2D eigenvalue weighted by molar-refractivity contribution is 9.10. The lowest BCUT2D eigenvalue weighted by molar-refractivity contribution is 0.588. The highest BCUT2D eigenvalue weighted by atomic mass is 79.9. The van der Waals surface area contributed by atoms with Gasteiger partial charge >= 0.3 is 0 Å². The first kappa shape index (κ1) is 15.2. The van der Waals surface area contributed by atoms with Crippen molar-refractivity contribution in [3.05, 3.63) is 58.1 Å². The molecule has 0 aliphatic carbocycles. The second-order valence-corrected chi connectivity index (χ2v) is 7.69. The number of fused-ring (bicyclic) bond motifs is 1. The van der Waals surface area contributed by atoms with Crippen LogP contribution in [0.25, 0.3) is 11.0 Å². The minimum absolute atomic E-state index is 0.151. The molecule has 0 aliphatic heterocycles. The number of rotatable bonds is 2. The number of aromatic nitrogens is 2. The van der Waals surface area contributed by atoms with E-state index in [1.54, 1.807) is 24.3 Å². The van der Waals surface area contributed by atoms with Crippen LogP contribution in [0.5, 0.6) is 0 Å². The molecular formula is C15H12BrFN2O2S. The van der Waals surface area contributed by atoms with E-state index in [4.69, 9.17) is 0 Å². The number of hydrogen-bond acceptors (Lipinski definition) is 3. The predicted molar refractivity (Wildman–Crippen MR) is 85.9 cm³/mol. The summed E-state index contributed by atoms with van der Waals surface area (Å²) >= 11 is 3.26. The van der Waals surface area contributed by atoms with Gasteiger partial charge in [-0.2, -0.15) is 0 Å². The smallest absolute Gasteiger partial charge is 0.231 e. The van der Waals surface area contributed by atoms with E-state index < -0.39 is 15.8 Å². The second kappa shape index (κ2) is 5.17. The van der Waals surface area contributed by atoms with Crippen molar-refractivity contribution >= 4 is 37.0 Å². The Hall–Kier alpha value is -1.73. The first-order valence-electron chi connectivity index (χ1n) is 6.46. The van der Waals surface area contributed by atoms with Gasteiger partial charge in [0.15, 0.2) is 5.65 Å². The molecule has 3 aromatic rings. The summed E-state index contributed by atoms with van der Waals surface area (Å²) in [7, 11) is -3.79. The van der Waals surface area contributed by atoms with Crippen LogP contribution in [0.2, 0.25) is 0 Å². The first-order valence-corrected chi connectivity index (χ1v) is 8.70. The van der Waals surface area contributed by atoms with Crippen LogP contribution in [0.4, 0.5) is 4.39 Å². The van der Waals surface area contributed by atoms with Crippen LogP contribution in [-0.4, -0.2) is 17.4 Å². The third-order valence-corrected chi connectivity index (χ3v) is 5.70. The molecule has 2 heterocycles. The topological polar surface area (TPSA) is 52.0 Å². The van der Waals surface area contributed by atoms with E-state index in [1.807, 2.05) is 6.92 Å². The summed E-state index contributed by atoms with van der Waals surface area (Å²) in [5.41, 5.74) is 1.32. The molecule has 0 atom stereocenters. The highest BCUT2D eigenvalue weighted by Gasteiger charge is 2.22. The molecule has 2 aromatic heterocycles. The van der Waals surface area contributed by atoms with E-state index in [0.717, 1.165) is 9.54 Å². The zero-order valence-corrected chi connectivity index (χ0v) is 14.2. The van der Waals surface area contributed by atoms with Gasteiger partial charge in [-0.25, -0.2) is 21.8 Å². The molecule has 114 valence electrons.